The first-order valence-electron chi connectivity index (χ1n) is 6.88. The SMILES string of the molecule is Cc1cncc(NCC(C)COCc2ccccc2)n1. The quantitative estimate of drug-likeness (QED) is 0.840. The first-order chi connectivity index (χ1) is 9.74. The van der Waals surface area contributed by atoms with Crippen molar-refractivity contribution in [2.24, 2.45) is 5.92 Å². The maximum atomic E-state index is 5.72. The molecular formula is C16H21N3O. The zero-order valence-corrected chi connectivity index (χ0v) is 12.0. The molecule has 1 atom stereocenters. The van der Waals surface area contributed by atoms with Gasteiger partial charge in [0.1, 0.15) is 5.82 Å². The topological polar surface area (TPSA) is 47.0 Å². The molecule has 1 unspecified atom stereocenters. The molecule has 20 heavy (non-hydrogen) atoms. The maximum Gasteiger partial charge on any atom is 0.144 e. The number of aromatic nitrogens is 2. The Kier molecular flexibility index (Phi) is 5.50. The van der Waals surface area contributed by atoms with Gasteiger partial charge in [0.05, 0.1) is 25.1 Å². The molecule has 0 aliphatic rings. The Morgan fingerprint density at radius 3 is 2.75 bits per heavy atom. The summed E-state index contributed by atoms with van der Waals surface area (Å²) in [7, 11) is 0. The number of ether oxygens (including phenoxy) is 1. The van der Waals surface area contributed by atoms with Gasteiger partial charge in [-0.15, -0.1) is 0 Å². The number of rotatable bonds is 7. The third-order valence-electron chi connectivity index (χ3n) is 2.90. The molecule has 0 spiro atoms. The van der Waals surface area contributed by atoms with Crippen molar-refractivity contribution >= 4 is 5.82 Å². The Labute approximate surface area is 120 Å². The molecule has 4 heteroatoms. The monoisotopic (exact) mass is 271 g/mol. The fourth-order valence-electron chi connectivity index (χ4n) is 1.84. The highest BCUT2D eigenvalue weighted by molar-refractivity contribution is 5.31. The van der Waals surface area contributed by atoms with Gasteiger partial charge in [0.2, 0.25) is 0 Å². The molecule has 1 N–H and O–H groups in total. The molecule has 0 saturated heterocycles. The van der Waals surface area contributed by atoms with Crippen LogP contribution in [0.2, 0.25) is 0 Å². The molecule has 0 amide bonds. The molecule has 1 aromatic heterocycles. The molecule has 0 fully saturated rings. The van der Waals surface area contributed by atoms with E-state index in [4.69, 9.17) is 4.74 Å². The minimum Gasteiger partial charge on any atom is -0.376 e. The number of hydrogen-bond acceptors (Lipinski definition) is 4. The number of hydrogen-bond donors (Lipinski definition) is 1. The minimum atomic E-state index is 0.418. The predicted octanol–water partition coefficient (Wildman–Crippen LogP) is 3.05. The summed E-state index contributed by atoms with van der Waals surface area (Å²) in [4.78, 5) is 8.47. The van der Waals surface area contributed by atoms with Crippen LogP contribution in [0.1, 0.15) is 18.2 Å². The maximum absolute atomic E-state index is 5.72. The molecule has 1 aromatic carbocycles. The van der Waals surface area contributed by atoms with E-state index in [2.05, 4.69) is 34.3 Å². The molecule has 0 bridgehead atoms. The van der Waals surface area contributed by atoms with Gasteiger partial charge < -0.3 is 10.1 Å². The molecule has 0 aliphatic heterocycles. The molecule has 2 aromatic rings. The van der Waals surface area contributed by atoms with E-state index in [1.165, 1.54) is 5.56 Å². The third-order valence-corrected chi connectivity index (χ3v) is 2.90. The first-order valence-corrected chi connectivity index (χ1v) is 6.88. The van der Waals surface area contributed by atoms with Crippen LogP contribution in [0, 0.1) is 12.8 Å². The van der Waals surface area contributed by atoms with Crippen LogP contribution < -0.4 is 5.32 Å². The lowest BCUT2D eigenvalue weighted by Crippen LogP contribution is -2.17. The summed E-state index contributed by atoms with van der Waals surface area (Å²) in [5.41, 5.74) is 2.13. The lowest BCUT2D eigenvalue weighted by molar-refractivity contribution is 0.0954. The number of anilines is 1. The van der Waals surface area contributed by atoms with Gasteiger partial charge in [-0.25, -0.2) is 4.98 Å². The summed E-state index contributed by atoms with van der Waals surface area (Å²) >= 11 is 0. The summed E-state index contributed by atoms with van der Waals surface area (Å²) < 4.78 is 5.72. The molecule has 106 valence electrons. The lowest BCUT2D eigenvalue weighted by atomic mass is 10.2. The zero-order valence-electron chi connectivity index (χ0n) is 12.0. The Morgan fingerprint density at radius 1 is 1.20 bits per heavy atom. The van der Waals surface area contributed by atoms with Gasteiger partial charge in [0.15, 0.2) is 0 Å². The summed E-state index contributed by atoms with van der Waals surface area (Å²) in [6, 6.07) is 10.2. The summed E-state index contributed by atoms with van der Waals surface area (Å²) in [6.45, 7) is 6.30. The second-order valence-electron chi connectivity index (χ2n) is 5.03. The van der Waals surface area contributed by atoms with Gasteiger partial charge in [0, 0.05) is 12.7 Å². The van der Waals surface area contributed by atoms with Crippen LogP contribution in [-0.4, -0.2) is 23.1 Å². The van der Waals surface area contributed by atoms with E-state index in [9.17, 15) is 0 Å². The average molecular weight is 271 g/mol. The second-order valence-corrected chi connectivity index (χ2v) is 5.03. The highest BCUT2D eigenvalue weighted by Crippen LogP contribution is 2.06. The molecule has 0 saturated carbocycles. The molecule has 0 aliphatic carbocycles. The molecular weight excluding hydrogens is 250 g/mol. The van der Waals surface area contributed by atoms with Gasteiger partial charge in [-0.1, -0.05) is 37.3 Å². The van der Waals surface area contributed by atoms with Gasteiger partial charge in [-0.3, -0.25) is 4.98 Å². The number of benzene rings is 1. The van der Waals surface area contributed by atoms with Crippen molar-refractivity contribution in [2.45, 2.75) is 20.5 Å². The fraction of sp³-hybridized carbons (Fsp3) is 0.375. The Balaban J connectivity index is 1.67. The normalized spacial score (nSPS) is 12.1. The minimum absolute atomic E-state index is 0.418. The lowest BCUT2D eigenvalue weighted by Gasteiger charge is -2.13. The molecule has 4 nitrogen and oxygen atoms in total. The number of aryl methyl sites for hydroxylation is 1. The summed E-state index contributed by atoms with van der Waals surface area (Å²) in [5, 5.41) is 3.28. The van der Waals surface area contributed by atoms with E-state index in [0.29, 0.717) is 12.5 Å². The standard InChI is InChI=1S/C16H21N3O/c1-13(8-18-16-10-17-9-14(2)19-16)11-20-12-15-6-4-3-5-7-15/h3-7,9-10,13H,8,11-12H2,1-2H3,(H,18,19). The van der Waals surface area contributed by atoms with Gasteiger partial charge in [-0.05, 0) is 18.4 Å². The molecule has 2 rings (SSSR count). The van der Waals surface area contributed by atoms with Crippen LogP contribution in [0.15, 0.2) is 42.7 Å². The summed E-state index contributed by atoms with van der Waals surface area (Å²) in [6.07, 6.45) is 3.49. The van der Waals surface area contributed by atoms with Gasteiger partial charge >= 0.3 is 0 Å². The van der Waals surface area contributed by atoms with Crippen molar-refractivity contribution in [2.75, 3.05) is 18.5 Å². The van der Waals surface area contributed by atoms with E-state index >= 15 is 0 Å². The highest BCUT2D eigenvalue weighted by Gasteiger charge is 2.03. The second kappa shape index (κ2) is 7.60. The molecule has 1 heterocycles. The van der Waals surface area contributed by atoms with E-state index in [-0.39, 0.29) is 0 Å². The van der Waals surface area contributed by atoms with E-state index < -0.39 is 0 Å². The number of nitrogens with zero attached hydrogens (tertiary/aromatic N) is 2. The van der Waals surface area contributed by atoms with E-state index in [1.807, 2.05) is 25.1 Å². The van der Waals surface area contributed by atoms with Crippen molar-refractivity contribution in [1.29, 1.82) is 0 Å². The van der Waals surface area contributed by atoms with Gasteiger partial charge in [0.25, 0.3) is 0 Å². The Hall–Kier alpha value is -1.94. The van der Waals surface area contributed by atoms with Crippen molar-refractivity contribution < 1.29 is 4.74 Å². The average Bonchev–Trinajstić information content (AvgIpc) is 2.46. The summed E-state index contributed by atoms with van der Waals surface area (Å²) in [5.74, 6) is 1.24. The third kappa shape index (κ3) is 4.97. The highest BCUT2D eigenvalue weighted by atomic mass is 16.5. The van der Waals surface area contributed by atoms with Crippen LogP contribution in [0.4, 0.5) is 5.82 Å². The van der Waals surface area contributed by atoms with Gasteiger partial charge in [-0.2, -0.15) is 0 Å². The fourth-order valence-corrected chi connectivity index (χ4v) is 1.84. The Bertz CT molecular complexity index is 516. The van der Waals surface area contributed by atoms with Crippen LogP contribution >= 0.6 is 0 Å². The van der Waals surface area contributed by atoms with Crippen LogP contribution in [0.5, 0.6) is 0 Å². The number of nitrogens with one attached hydrogen (secondary N) is 1. The van der Waals surface area contributed by atoms with Crippen molar-refractivity contribution in [3.8, 4) is 0 Å². The van der Waals surface area contributed by atoms with E-state index in [1.54, 1.807) is 12.4 Å². The van der Waals surface area contributed by atoms with Crippen molar-refractivity contribution in [1.82, 2.24) is 9.97 Å². The van der Waals surface area contributed by atoms with Crippen LogP contribution in [0.3, 0.4) is 0 Å². The molecule has 0 radical (unpaired) electrons. The first kappa shape index (κ1) is 14.5. The predicted molar refractivity (Wildman–Crippen MR) is 80.5 cm³/mol. The van der Waals surface area contributed by atoms with Crippen molar-refractivity contribution in [3.63, 3.8) is 0 Å². The smallest absolute Gasteiger partial charge is 0.144 e. The van der Waals surface area contributed by atoms with Crippen LogP contribution in [0.25, 0.3) is 0 Å². The van der Waals surface area contributed by atoms with E-state index in [0.717, 1.165) is 24.7 Å². The van der Waals surface area contributed by atoms with Crippen molar-refractivity contribution in [3.05, 3.63) is 54.0 Å². The Morgan fingerprint density at radius 2 is 2.00 bits per heavy atom. The zero-order chi connectivity index (χ0) is 14.2. The van der Waals surface area contributed by atoms with Crippen LogP contribution in [-0.2, 0) is 11.3 Å². The largest absolute Gasteiger partial charge is 0.376 e.